The molecule has 0 aliphatic carbocycles. The molecular formula is C59H71F2N11O5. The number of terminal acetylenes is 1. The van der Waals surface area contributed by atoms with Crippen molar-refractivity contribution in [2.75, 3.05) is 77.5 Å². The highest BCUT2D eigenvalue weighted by Crippen LogP contribution is 2.40. The molecule has 5 fully saturated rings. The van der Waals surface area contributed by atoms with Gasteiger partial charge in [-0.05, 0) is 137 Å². The van der Waals surface area contributed by atoms with Gasteiger partial charge in [0.1, 0.15) is 34.9 Å². The Morgan fingerprint density at radius 1 is 0.948 bits per heavy atom. The summed E-state index contributed by atoms with van der Waals surface area (Å²) >= 11 is 0. The van der Waals surface area contributed by atoms with E-state index in [1.54, 1.807) is 13.2 Å². The van der Waals surface area contributed by atoms with Gasteiger partial charge in [-0.15, -0.1) is 6.42 Å². The van der Waals surface area contributed by atoms with Crippen LogP contribution >= 0.6 is 0 Å². The van der Waals surface area contributed by atoms with Gasteiger partial charge in [0, 0.05) is 93.9 Å². The number of nitrogens with zero attached hydrogens (tertiary/aromatic N) is 9. The van der Waals surface area contributed by atoms with Crippen LogP contribution in [0.4, 0.5) is 14.6 Å². The fourth-order valence-corrected chi connectivity index (χ4v) is 12.5. The maximum atomic E-state index is 16.6. The van der Waals surface area contributed by atoms with E-state index in [-0.39, 0.29) is 40.0 Å². The fourth-order valence-electron chi connectivity index (χ4n) is 12.5. The molecule has 5 aliphatic heterocycles. The number of amides is 2. The van der Waals surface area contributed by atoms with E-state index in [4.69, 9.17) is 16.1 Å². The fraction of sp³-hybridized carbons (Fsp3) is 0.508. The lowest BCUT2D eigenvalue weighted by molar-refractivity contribution is -0.122. The number of halogens is 2. The van der Waals surface area contributed by atoms with Crippen LogP contribution in [0.2, 0.25) is 0 Å². The Morgan fingerprint density at radius 2 is 1.70 bits per heavy atom. The summed E-state index contributed by atoms with van der Waals surface area (Å²) in [5.41, 5.74) is 3.24. The number of phenolic OH excluding ortho intramolecular Hbond substituents is 1. The molecule has 8 heterocycles. The summed E-state index contributed by atoms with van der Waals surface area (Å²) in [4.78, 5) is 57.3. The summed E-state index contributed by atoms with van der Waals surface area (Å²) in [6, 6.07) is 13.5. The predicted molar refractivity (Wildman–Crippen MR) is 294 cm³/mol. The molecule has 2 amide bonds. The lowest BCUT2D eigenvalue weighted by Crippen LogP contribution is -2.51. The quantitative estimate of drug-likeness (QED) is 0.0527. The van der Waals surface area contributed by atoms with Crippen LogP contribution < -0.4 is 20.3 Å². The van der Waals surface area contributed by atoms with Crippen LogP contribution in [0.1, 0.15) is 106 Å². The number of aldehydes is 1. The molecule has 5 aliphatic rings. The molecule has 3 unspecified atom stereocenters. The smallest absolute Gasteiger partial charge is 0.319 e. The van der Waals surface area contributed by atoms with Gasteiger partial charge in [0.25, 0.3) is 0 Å². The van der Waals surface area contributed by atoms with E-state index in [9.17, 15) is 23.9 Å². The van der Waals surface area contributed by atoms with Crippen LogP contribution in [-0.2, 0) is 21.4 Å². The number of ether oxygens (including phenoxy) is 1. The van der Waals surface area contributed by atoms with Gasteiger partial charge in [-0.1, -0.05) is 31.0 Å². The third kappa shape index (κ3) is 11.6. The molecule has 3 aromatic carbocycles. The highest BCUT2D eigenvalue weighted by atomic mass is 19.1. The van der Waals surface area contributed by atoms with E-state index >= 15 is 4.39 Å². The maximum Gasteiger partial charge on any atom is 0.319 e. The van der Waals surface area contributed by atoms with Crippen LogP contribution in [0.5, 0.6) is 11.8 Å². The molecular weight excluding hydrogens is 981 g/mol. The normalized spacial score (nSPS) is 20.3. The van der Waals surface area contributed by atoms with E-state index in [0.717, 1.165) is 139 Å². The van der Waals surface area contributed by atoms with Gasteiger partial charge in [-0.25, -0.2) is 8.78 Å². The van der Waals surface area contributed by atoms with Crippen LogP contribution in [-0.4, -0.2) is 154 Å². The zero-order chi connectivity index (χ0) is 53.7. The number of phenols is 1. The first-order valence-corrected chi connectivity index (χ1v) is 27.6. The molecule has 2 bridgehead atoms. The van der Waals surface area contributed by atoms with Gasteiger partial charge in [0.05, 0.1) is 34.7 Å². The Morgan fingerprint density at radius 3 is 2.40 bits per heavy atom. The van der Waals surface area contributed by atoms with E-state index < -0.39 is 17.6 Å². The average Bonchev–Trinajstić information content (AvgIpc) is 4.03. The van der Waals surface area contributed by atoms with Gasteiger partial charge in [0.2, 0.25) is 12.3 Å². The first kappa shape index (κ1) is 53.6. The summed E-state index contributed by atoms with van der Waals surface area (Å²) in [6.45, 7) is 11.2. The lowest BCUT2D eigenvalue weighted by atomic mass is 9.87. The van der Waals surface area contributed by atoms with Crippen molar-refractivity contribution in [2.24, 2.45) is 13.0 Å². The van der Waals surface area contributed by atoms with Gasteiger partial charge in [-0.3, -0.25) is 19.3 Å². The third-order valence-electron chi connectivity index (χ3n) is 16.9. The Balaban J connectivity index is 0.000000182. The molecule has 3 N–H and O–H groups in total. The van der Waals surface area contributed by atoms with Crippen molar-refractivity contribution in [3.05, 3.63) is 77.1 Å². The third-order valence-corrected chi connectivity index (χ3v) is 16.9. The minimum atomic E-state index is -0.712. The van der Waals surface area contributed by atoms with Crippen LogP contribution in [0.25, 0.3) is 43.8 Å². The number of pyridine rings is 1. The highest BCUT2D eigenvalue weighted by Gasteiger charge is 2.35. The number of rotatable bonds is 15. The zero-order valence-electron chi connectivity index (χ0n) is 44.5. The molecule has 0 radical (unpaired) electrons. The average molecular weight is 1050 g/mol. The van der Waals surface area contributed by atoms with Gasteiger partial charge in [-0.2, -0.15) is 15.1 Å². The Kier molecular flexibility index (Phi) is 16.6. The summed E-state index contributed by atoms with van der Waals surface area (Å²) in [5.74, 6) is 2.29. The molecule has 0 saturated carbocycles. The largest absolute Gasteiger partial charge is 0.508 e. The number of piperidine rings is 3. The maximum absolute atomic E-state index is 16.6. The van der Waals surface area contributed by atoms with Crippen molar-refractivity contribution < 1.29 is 33.0 Å². The second kappa shape index (κ2) is 23.8. The first-order chi connectivity index (χ1) is 37.4. The van der Waals surface area contributed by atoms with E-state index in [0.29, 0.717) is 65.5 Å². The summed E-state index contributed by atoms with van der Waals surface area (Å²) in [5, 5.41) is 23.8. The zero-order valence-corrected chi connectivity index (χ0v) is 44.5. The number of likely N-dealkylation sites (N-methyl/N-ethyl adjacent to an activating group) is 1. The van der Waals surface area contributed by atoms with Crippen molar-refractivity contribution >= 4 is 57.0 Å². The lowest BCUT2D eigenvalue weighted by Gasteiger charge is -2.41. The first-order valence-electron chi connectivity index (χ1n) is 27.6. The number of benzene rings is 3. The van der Waals surface area contributed by atoms with Crippen molar-refractivity contribution in [3.8, 4) is 35.4 Å². The molecule has 16 nitrogen and oxygen atoms in total. The number of piperazine rings is 1. The van der Waals surface area contributed by atoms with Crippen LogP contribution in [0, 0.1) is 29.9 Å². The number of aromatic hydroxyl groups is 1. The van der Waals surface area contributed by atoms with Crippen molar-refractivity contribution in [3.63, 3.8) is 0 Å². The number of hydrogen-bond acceptors (Lipinski definition) is 13. The molecule has 3 aromatic heterocycles. The number of aryl methyl sites for hydroxylation is 1. The van der Waals surface area contributed by atoms with E-state index in [1.807, 2.05) is 16.6 Å². The Hall–Kier alpha value is -6.81. The Labute approximate surface area is 448 Å². The Bertz CT molecular complexity index is 3150. The topological polar surface area (TPSA) is 174 Å². The molecule has 3 atom stereocenters. The number of carbonyl (C=O) groups excluding carboxylic acids is 3. The predicted octanol–water partition coefficient (Wildman–Crippen LogP) is 7.43. The molecule has 77 heavy (non-hydrogen) atoms. The highest BCUT2D eigenvalue weighted by molar-refractivity contribution is 6.03. The van der Waals surface area contributed by atoms with Crippen molar-refractivity contribution in [2.45, 2.75) is 108 Å². The molecule has 5 saturated heterocycles. The minimum Gasteiger partial charge on any atom is -0.508 e. The molecule has 0 spiro atoms. The van der Waals surface area contributed by atoms with Crippen molar-refractivity contribution in [1.82, 2.24) is 50.1 Å². The van der Waals surface area contributed by atoms with Crippen LogP contribution in [0.3, 0.4) is 0 Å². The number of aromatic nitrogens is 5. The van der Waals surface area contributed by atoms with Crippen LogP contribution in [0.15, 0.2) is 48.7 Å². The van der Waals surface area contributed by atoms with E-state index in [1.165, 1.54) is 42.7 Å². The number of carbonyl (C=O) groups is 3. The number of likely N-dealkylation sites (tertiary alicyclic amines) is 3. The second-order valence-electron chi connectivity index (χ2n) is 21.8. The number of nitrogens with one attached hydrogen (secondary N) is 2. The summed E-state index contributed by atoms with van der Waals surface area (Å²) in [7, 11) is 3.54. The van der Waals surface area contributed by atoms with Gasteiger partial charge >= 0.3 is 6.01 Å². The SMILES string of the molecule is C#Cc1c(F)ccc2cc(O)cc(-c3ncc4c(N5CC6CCC(C5)N6)nc(OCCCN5CCC(C)CC5)nc4c3F)c12.CNC(=O)C(CCC=O)c1nn(C)c2cc(C3CCN(C4CCN(C=O)CC4)CC3)ccc12. The van der Waals surface area contributed by atoms with Gasteiger partial charge in [0.15, 0.2) is 5.82 Å². The summed E-state index contributed by atoms with van der Waals surface area (Å²) in [6.07, 6.45) is 19.7. The number of anilines is 1. The standard InChI is InChI=1S/C34H36F2N6O2.C25H35N5O3/c1-3-25-28(35)8-5-21-15-24(43)16-26(29(21)25)31-30(36)32-27(17-37-31)33(42-18-22-6-7-23(19-42)38-22)40-34(39-32)44-14-4-11-41-12-9-20(2)10-13-41;1-26-25(33)22(4-3-15-31)24-21-6-5-19(16-23(21)28(2)27-24)18-7-13-30(14-8-18)20-9-11-29(17-32)12-10-20/h1,5,8,15-17,20,22-23,38,43H,4,6-7,9-14,18-19H2,2H3;5-6,15-18,20,22H,3-4,7-14H2,1-2H3,(H,26,33). The molecule has 406 valence electrons. The number of hydrogen-bond donors (Lipinski definition) is 3. The van der Waals surface area contributed by atoms with Gasteiger partial charge < -0.3 is 44.9 Å². The van der Waals surface area contributed by atoms with E-state index in [2.05, 4.69) is 71.4 Å². The number of fused-ring (bicyclic) bond motifs is 5. The monoisotopic (exact) mass is 1050 g/mol. The van der Waals surface area contributed by atoms with Crippen molar-refractivity contribution in [1.29, 1.82) is 0 Å². The molecule has 11 rings (SSSR count). The molecule has 18 heteroatoms. The minimum absolute atomic E-state index is 0.0225. The second-order valence-corrected chi connectivity index (χ2v) is 21.8. The summed E-state index contributed by atoms with van der Waals surface area (Å²) < 4.78 is 39.3. The molecule has 6 aromatic rings.